The molecule has 3 nitrogen and oxygen atoms in total. The summed E-state index contributed by atoms with van der Waals surface area (Å²) in [6.07, 6.45) is 0.914. The van der Waals surface area contributed by atoms with E-state index in [9.17, 15) is 4.79 Å². The van der Waals surface area contributed by atoms with Crippen molar-refractivity contribution in [2.75, 3.05) is 13.6 Å². The van der Waals surface area contributed by atoms with Gasteiger partial charge in [-0.15, -0.1) is 0 Å². The Morgan fingerprint density at radius 1 is 1.43 bits per heavy atom. The van der Waals surface area contributed by atoms with Gasteiger partial charge in [0.25, 0.3) is 0 Å². The Morgan fingerprint density at radius 2 is 2.14 bits per heavy atom. The van der Waals surface area contributed by atoms with Gasteiger partial charge in [-0.1, -0.05) is 30.3 Å². The first-order valence-corrected chi connectivity index (χ1v) is 4.81. The first-order chi connectivity index (χ1) is 6.75. The second-order valence-electron chi connectivity index (χ2n) is 3.72. The molecule has 3 heteroatoms. The van der Waals surface area contributed by atoms with Crippen LogP contribution in [0.2, 0.25) is 0 Å². The molecule has 0 aromatic heterocycles. The lowest BCUT2D eigenvalue weighted by molar-refractivity contribution is 0.226. The molecular weight excluding hydrogens is 176 g/mol. The third-order valence-electron chi connectivity index (χ3n) is 2.49. The van der Waals surface area contributed by atoms with Gasteiger partial charge < -0.3 is 10.2 Å². The summed E-state index contributed by atoms with van der Waals surface area (Å²) in [4.78, 5) is 12.9. The van der Waals surface area contributed by atoms with E-state index in [2.05, 4.69) is 17.4 Å². The van der Waals surface area contributed by atoms with E-state index in [0.29, 0.717) is 0 Å². The van der Waals surface area contributed by atoms with Gasteiger partial charge in [-0.2, -0.15) is 0 Å². The highest BCUT2D eigenvalue weighted by atomic mass is 16.2. The minimum Gasteiger partial charge on any atom is -0.333 e. The van der Waals surface area contributed by atoms with Crippen LogP contribution in [0.4, 0.5) is 4.79 Å². The second-order valence-corrected chi connectivity index (χ2v) is 3.72. The summed E-state index contributed by atoms with van der Waals surface area (Å²) in [7, 11) is 1.82. The molecular formula is C11H14N2O. The van der Waals surface area contributed by atoms with Crippen LogP contribution in [0.1, 0.15) is 5.56 Å². The van der Waals surface area contributed by atoms with Crippen molar-refractivity contribution in [1.29, 1.82) is 0 Å². The zero-order valence-electron chi connectivity index (χ0n) is 8.23. The fraction of sp³-hybridized carbons (Fsp3) is 0.364. The number of urea groups is 1. The molecule has 1 atom stereocenters. The molecule has 1 aliphatic heterocycles. The van der Waals surface area contributed by atoms with Gasteiger partial charge in [0.05, 0.1) is 6.04 Å². The molecule has 0 radical (unpaired) electrons. The van der Waals surface area contributed by atoms with Crippen molar-refractivity contribution in [3.05, 3.63) is 35.9 Å². The van der Waals surface area contributed by atoms with E-state index in [1.54, 1.807) is 4.90 Å². The SMILES string of the molecule is CN1C[C@H](Cc2ccccc2)NC1=O. The van der Waals surface area contributed by atoms with Gasteiger partial charge in [-0.3, -0.25) is 0 Å². The van der Waals surface area contributed by atoms with Gasteiger partial charge in [0.2, 0.25) is 0 Å². The molecule has 0 saturated carbocycles. The van der Waals surface area contributed by atoms with Gasteiger partial charge in [0.1, 0.15) is 0 Å². The van der Waals surface area contributed by atoms with Crippen LogP contribution in [-0.2, 0) is 6.42 Å². The molecule has 0 aliphatic carbocycles. The van der Waals surface area contributed by atoms with Crippen LogP contribution in [0.3, 0.4) is 0 Å². The van der Waals surface area contributed by atoms with Crippen molar-refractivity contribution in [2.45, 2.75) is 12.5 Å². The van der Waals surface area contributed by atoms with Crippen LogP contribution in [0.5, 0.6) is 0 Å². The molecule has 2 amide bonds. The molecule has 1 aromatic rings. The molecule has 1 heterocycles. The number of nitrogens with one attached hydrogen (secondary N) is 1. The molecule has 1 saturated heterocycles. The van der Waals surface area contributed by atoms with Gasteiger partial charge >= 0.3 is 6.03 Å². The maximum Gasteiger partial charge on any atom is 0.317 e. The van der Waals surface area contributed by atoms with Crippen LogP contribution in [0.15, 0.2) is 30.3 Å². The Bertz CT molecular complexity index is 323. The summed E-state index contributed by atoms with van der Waals surface area (Å²) < 4.78 is 0. The maximum absolute atomic E-state index is 11.2. The van der Waals surface area contributed by atoms with E-state index < -0.39 is 0 Å². The van der Waals surface area contributed by atoms with E-state index in [-0.39, 0.29) is 12.1 Å². The van der Waals surface area contributed by atoms with Crippen molar-refractivity contribution in [2.24, 2.45) is 0 Å². The molecule has 1 fully saturated rings. The third-order valence-corrected chi connectivity index (χ3v) is 2.49. The van der Waals surface area contributed by atoms with E-state index in [1.807, 2.05) is 25.2 Å². The zero-order chi connectivity index (χ0) is 9.97. The monoisotopic (exact) mass is 190 g/mol. The average Bonchev–Trinajstić information content (AvgIpc) is 2.47. The highest BCUT2D eigenvalue weighted by Gasteiger charge is 2.25. The maximum atomic E-state index is 11.2. The molecule has 0 unspecified atom stereocenters. The Morgan fingerprint density at radius 3 is 2.71 bits per heavy atom. The third kappa shape index (κ3) is 1.87. The van der Waals surface area contributed by atoms with Crippen molar-refractivity contribution in [3.63, 3.8) is 0 Å². The van der Waals surface area contributed by atoms with E-state index in [4.69, 9.17) is 0 Å². The first kappa shape index (κ1) is 9.06. The predicted molar refractivity (Wildman–Crippen MR) is 55.1 cm³/mol. The van der Waals surface area contributed by atoms with Crippen LogP contribution in [-0.4, -0.2) is 30.6 Å². The number of rotatable bonds is 2. The highest BCUT2D eigenvalue weighted by molar-refractivity contribution is 5.76. The number of hydrogen-bond acceptors (Lipinski definition) is 1. The molecule has 0 spiro atoms. The van der Waals surface area contributed by atoms with E-state index in [0.717, 1.165) is 13.0 Å². The largest absolute Gasteiger partial charge is 0.333 e. The van der Waals surface area contributed by atoms with Gasteiger partial charge in [0, 0.05) is 13.6 Å². The summed E-state index contributed by atoms with van der Waals surface area (Å²) >= 11 is 0. The van der Waals surface area contributed by atoms with Crippen LogP contribution in [0, 0.1) is 0 Å². The fourth-order valence-corrected chi connectivity index (χ4v) is 1.76. The van der Waals surface area contributed by atoms with Gasteiger partial charge in [0.15, 0.2) is 0 Å². The first-order valence-electron chi connectivity index (χ1n) is 4.81. The number of likely N-dealkylation sites (N-methyl/N-ethyl adjacent to an activating group) is 1. The molecule has 1 aliphatic rings. The van der Waals surface area contributed by atoms with Gasteiger partial charge in [-0.25, -0.2) is 4.79 Å². The van der Waals surface area contributed by atoms with E-state index in [1.165, 1.54) is 5.56 Å². The molecule has 74 valence electrons. The number of carbonyl (C=O) groups excluding carboxylic acids is 1. The lowest BCUT2D eigenvalue weighted by Crippen LogP contribution is -2.28. The lowest BCUT2D eigenvalue weighted by atomic mass is 10.1. The van der Waals surface area contributed by atoms with Crippen LogP contribution in [0.25, 0.3) is 0 Å². The van der Waals surface area contributed by atoms with Crippen LogP contribution < -0.4 is 5.32 Å². The van der Waals surface area contributed by atoms with Crippen molar-refractivity contribution in [3.8, 4) is 0 Å². The van der Waals surface area contributed by atoms with Crippen molar-refractivity contribution >= 4 is 6.03 Å². The summed E-state index contributed by atoms with van der Waals surface area (Å²) in [5, 5.41) is 2.94. The molecule has 2 rings (SSSR count). The number of nitrogens with zero attached hydrogens (tertiary/aromatic N) is 1. The number of benzene rings is 1. The summed E-state index contributed by atoms with van der Waals surface area (Å²) in [5.74, 6) is 0. The standard InChI is InChI=1S/C11H14N2O/c1-13-8-10(12-11(13)14)7-9-5-3-2-4-6-9/h2-6,10H,7-8H2,1H3,(H,12,14)/t10-/m0/s1. The summed E-state index contributed by atoms with van der Waals surface area (Å²) in [6.45, 7) is 0.799. The molecule has 1 N–H and O–H groups in total. The van der Waals surface area contributed by atoms with Crippen molar-refractivity contribution < 1.29 is 4.79 Å². The number of amides is 2. The number of hydrogen-bond donors (Lipinski definition) is 1. The Kier molecular flexibility index (Phi) is 2.39. The zero-order valence-corrected chi connectivity index (χ0v) is 8.23. The molecule has 14 heavy (non-hydrogen) atoms. The lowest BCUT2D eigenvalue weighted by Gasteiger charge is -2.08. The minimum absolute atomic E-state index is 0.0333. The second kappa shape index (κ2) is 3.70. The van der Waals surface area contributed by atoms with Gasteiger partial charge in [-0.05, 0) is 12.0 Å². The normalized spacial score (nSPS) is 21.1. The molecule has 1 aromatic carbocycles. The summed E-state index contributed by atoms with van der Waals surface area (Å²) in [6, 6.07) is 10.5. The Hall–Kier alpha value is -1.51. The average molecular weight is 190 g/mol. The number of carbonyl (C=O) groups is 1. The van der Waals surface area contributed by atoms with E-state index >= 15 is 0 Å². The molecule has 0 bridgehead atoms. The Labute approximate surface area is 83.7 Å². The van der Waals surface area contributed by atoms with Crippen molar-refractivity contribution in [1.82, 2.24) is 10.2 Å². The minimum atomic E-state index is 0.0333. The predicted octanol–water partition coefficient (Wildman–Crippen LogP) is 1.25. The topological polar surface area (TPSA) is 32.3 Å². The fourth-order valence-electron chi connectivity index (χ4n) is 1.76. The smallest absolute Gasteiger partial charge is 0.317 e. The van der Waals surface area contributed by atoms with Crippen LogP contribution >= 0.6 is 0 Å². The summed E-state index contributed by atoms with van der Waals surface area (Å²) in [5.41, 5.74) is 1.27. The highest BCUT2D eigenvalue weighted by Crippen LogP contribution is 2.08. The Balaban J connectivity index is 1.97. The quantitative estimate of drug-likeness (QED) is 0.748.